The summed E-state index contributed by atoms with van der Waals surface area (Å²) in [5, 5.41) is 2.68. The van der Waals surface area contributed by atoms with Crippen LogP contribution in [0.25, 0.3) is 0 Å². The molecule has 2 aromatic rings. The molecule has 1 aliphatic heterocycles. The zero-order valence-corrected chi connectivity index (χ0v) is 19.0. The van der Waals surface area contributed by atoms with Crippen LogP contribution in [0.2, 0.25) is 0 Å². The van der Waals surface area contributed by atoms with Crippen LogP contribution in [0.5, 0.6) is 0 Å². The second kappa shape index (κ2) is 11.2. The van der Waals surface area contributed by atoms with Gasteiger partial charge in [-0.05, 0) is 36.9 Å². The number of carbonyl (C=O) groups excluding carboxylic acids is 2. The van der Waals surface area contributed by atoms with Gasteiger partial charge in [-0.2, -0.15) is 4.31 Å². The lowest BCUT2D eigenvalue weighted by molar-refractivity contribution is -0.144. The van der Waals surface area contributed by atoms with Crippen LogP contribution in [0.4, 0.5) is 5.69 Å². The van der Waals surface area contributed by atoms with Crippen LogP contribution in [0, 0.1) is 0 Å². The smallest absolute Gasteiger partial charge is 0.306 e. The first-order valence-electron chi connectivity index (χ1n) is 10.6. The van der Waals surface area contributed by atoms with Crippen molar-refractivity contribution in [1.82, 2.24) is 9.21 Å². The Morgan fingerprint density at radius 1 is 0.938 bits per heavy atom. The van der Waals surface area contributed by atoms with Crippen LogP contribution < -0.4 is 5.32 Å². The monoisotopic (exact) mass is 459 g/mol. The maximum Gasteiger partial charge on any atom is 0.306 e. The molecule has 1 amide bonds. The van der Waals surface area contributed by atoms with E-state index < -0.39 is 16.0 Å². The molecule has 1 N–H and O–H groups in total. The van der Waals surface area contributed by atoms with Gasteiger partial charge in [-0.1, -0.05) is 30.3 Å². The van der Waals surface area contributed by atoms with E-state index in [1.165, 1.54) is 16.4 Å². The number of nitrogens with one attached hydrogen (secondary N) is 1. The molecule has 0 saturated carbocycles. The Morgan fingerprint density at radius 3 is 2.25 bits per heavy atom. The molecule has 0 aromatic heterocycles. The number of esters is 1. The Bertz CT molecular complexity index is 1000. The Balaban J connectivity index is 1.41. The van der Waals surface area contributed by atoms with E-state index in [2.05, 4.69) is 10.2 Å². The number of hydrogen-bond acceptors (Lipinski definition) is 6. The van der Waals surface area contributed by atoms with E-state index in [1.807, 2.05) is 37.4 Å². The van der Waals surface area contributed by atoms with Gasteiger partial charge < -0.3 is 15.0 Å². The zero-order chi connectivity index (χ0) is 23.0. The summed E-state index contributed by atoms with van der Waals surface area (Å²) in [7, 11) is -1.58. The molecule has 32 heavy (non-hydrogen) atoms. The van der Waals surface area contributed by atoms with Gasteiger partial charge in [0.2, 0.25) is 15.9 Å². The van der Waals surface area contributed by atoms with Crippen molar-refractivity contribution in [2.45, 2.75) is 24.2 Å². The molecular weight excluding hydrogens is 430 g/mol. The summed E-state index contributed by atoms with van der Waals surface area (Å²) in [4.78, 5) is 26.2. The van der Waals surface area contributed by atoms with E-state index in [9.17, 15) is 18.0 Å². The van der Waals surface area contributed by atoms with Crippen molar-refractivity contribution in [3.8, 4) is 0 Å². The van der Waals surface area contributed by atoms with Gasteiger partial charge in [-0.25, -0.2) is 8.42 Å². The van der Waals surface area contributed by atoms with E-state index in [1.54, 1.807) is 12.1 Å². The SMILES string of the molecule is CN1CCN(S(=O)(=O)c2ccc(NC(=O)CCC(=O)OCCc3ccccc3)cc2)CC1. The van der Waals surface area contributed by atoms with Gasteiger partial charge in [0.05, 0.1) is 17.9 Å². The van der Waals surface area contributed by atoms with Crippen molar-refractivity contribution in [1.29, 1.82) is 0 Å². The first-order valence-corrected chi connectivity index (χ1v) is 12.1. The van der Waals surface area contributed by atoms with E-state index >= 15 is 0 Å². The molecule has 1 heterocycles. The highest BCUT2D eigenvalue weighted by Crippen LogP contribution is 2.20. The van der Waals surface area contributed by atoms with Crippen molar-refractivity contribution in [3.63, 3.8) is 0 Å². The Hall–Kier alpha value is -2.75. The molecule has 172 valence electrons. The largest absolute Gasteiger partial charge is 0.465 e. The minimum Gasteiger partial charge on any atom is -0.465 e. The number of sulfonamides is 1. The van der Waals surface area contributed by atoms with Gasteiger partial charge in [0.25, 0.3) is 0 Å². The Labute approximate surface area is 189 Å². The molecule has 0 radical (unpaired) electrons. The molecule has 1 saturated heterocycles. The average molecular weight is 460 g/mol. The standard InChI is InChI=1S/C23H29N3O5S/c1-25-14-16-26(17-15-25)32(29,30)21-9-7-20(8-10-21)24-22(27)11-12-23(28)31-18-13-19-5-3-2-4-6-19/h2-10H,11-18H2,1H3,(H,24,27). The first kappa shape index (κ1) is 23.9. The quantitative estimate of drug-likeness (QED) is 0.577. The van der Waals surface area contributed by atoms with Gasteiger partial charge in [0, 0.05) is 44.7 Å². The number of ether oxygens (including phenoxy) is 1. The number of rotatable bonds is 9. The third kappa shape index (κ3) is 6.88. The molecule has 3 rings (SSSR count). The van der Waals surface area contributed by atoms with Crippen molar-refractivity contribution in [3.05, 3.63) is 60.2 Å². The summed E-state index contributed by atoms with van der Waals surface area (Å²) in [5.41, 5.74) is 1.56. The number of amides is 1. The zero-order valence-electron chi connectivity index (χ0n) is 18.2. The predicted octanol–water partition coefficient (Wildman–Crippen LogP) is 2.13. The van der Waals surface area contributed by atoms with Crippen molar-refractivity contribution in [2.75, 3.05) is 45.2 Å². The second-order valence-electron chi connectivity index (χ2n) is 7.74. The first-order chi connectivity index (χ1) is 15.3. The number of anilines is 1. The van der Waals surface area contributed by atoms with Gasteiger partial charge in [-0.3, -0.25) is 9.59 Å². The van der Waals surface area contributed by atoms with Crippen LogP contribution in [0.3, 0.4) is 0 Å². The summed E-state index contributed by atoms with van der Waals surface area (Å²) in [6, 6.07) is 15.8. The van der Waals surface area contributed by atoms with Gasteiger partial charge in [0.1, 0.15) is 0 Å². The van der Waals surface area contributed by atoms with Crippen LogP contribution in [0.1, 0.15) is 18.4 Å². The highest BCUT2D eigenvalue weighted by molar-refractivity contribution is 7.89. The maximum absolute atomic E-state index is 12.8. The minimum atomic E-state index is -3.55. The van der Waals surface area contributed by atoms with Crippen LogP contribution in [-0.4, -0.2) is 69.3 Å². The summed E-state index contributed by atoms with van der Waals surface area (Å²) in [5.74, 6) is -0.760. The molecule has 1 aliphatic rings. The molecule has 0 unspecified atom stereocenters. The summed E-state index contributed by atoms with van der Waals surface area (Å²) in [6.45, 7) is 2.58. The number of likely N-dealkylation sites (N-methyl/N-ethyl adjacent to an activating group) is 1. The second-order valence-corrected chi connectivity index (χ2v) is 9.67. The van der Waals surface area contributed by atoms with Gasteiger partial charge >= 0.3 is 5.97 Å². The van der Waals surface area contributed by atoms with E-state index in [4.69, 9.17) is 4.74 Å². The van der Waals surface area contributed by atoms with E-state index in [-0.39, 0.29) is 30.3 Å². The molecule has 2 aromatic carbocycles. The molecule has 0 spiro atoms. The number of carbonyl (C=O) groups is 2. The summed E-state index contributed by atoms with van der Waals surface area (Å²) < 4.78 is 32.1. The van der Waals surface area contributed by atoms with Crippen LogP contribution in [0.15, 0.2) is 59.5 Å². The summed E-state index contributed by atoms with van der Waals surface area (Å²) >= 11 is 0. The third-order valence-electron chi connectivity index (χ3n) is 5.29. The lowest BCUT2D eigenvalue weighted by Crippen LogP contribution is -2.46. The highest BCUT2D eigenvalue weighted by atomic mass is 32.2. The summed E-state index contributed by atoms with van der Waals surface area (Å²) in [6.07, 6.45) is 0.601. The predicted molar refractivity (Wildman–Crippen MR) is 122 cm³/mol. The molecule has 0 bridgehead atoms. The van der Waals surface area contributed by atoms with Gasteiger partial charge in [-0.15, -0.1) is 0 Å². The lowest BCUT2D eigenvalue weighted by atomic mass is 10.2. The number of piperazine rings is 1. The number of hydrogen-bond donors (Lipinski definition) is 1. The molecular formula is C23H29N3O5S. The van der Waals surface area contributed by atoms with Crippen molar-refractivity contribution >= 4 is 27.6 Å². The van der Waals surface area contributed by atoms with Crippen LogP contribution >= 0.6 is 0 Å². The van der Waals surface area contributed by atoms with E-state index in [0.29, 0.717) is 38.3 Å². The molecule has 0 atom stereocenters. The minimum absolute atomic E-state index is 0.00842. The molecule has 0 aliphatic carbocycles. The average Bonchev–Trinajstić information content (AvgIpc) is 2.79. The van der Waals surface area contributed by atoms with Crippen molar-refractivity contribution in [2.24, 2.45) is 0 Å². The molecule has 8 nitrogen and oxygen atoms in total. The number of benzene rings is 2. The molecule has 1 fully saturated rings. The Morgan fingerprint density at radius 2 is 1.59 bits per heavy atom. The Kier molecular flexibility index (Phi) is 8.38. The number of nitrogens with zero attached hydrogens (tertiary/aromatic N) is 2. The van der Waals surface area contributed by atoms with Crippen LogP contribution in [-0.2, 0) is 30.8 Å². The fourth-order valence-electron chi connectivity index (χ4n) is 3.33. The molecule has 9 heteroatoms. The normalized spacial score (nSPS) is 15.3. The topological polar surface area (TPSA) is 96.0 Å². The fraction of sp³-hybridized carbons (Fsp3) is 0.391. The third-order valence-corrected chi connectivity index (χ3v) is 7.20. The highest BCUT2D eigenvalue weighted by Gasteiger charge is 2.27. The van der Waals surface area contributed by atoms with E-state index in [0.717, 1.165) is 5.56 Å². The van der Waals surface area contributed by atoms with Gasteiger partial charge in [0.15, 0.2) is 0 Å². The lowest BCUT2D eigenvalue weighted by Gasteiger charge is -2.31. The fourth-order valence-corrected chi connectivity index (χ4v) is 4.75. The van der Waals surface area contributed by atoms with Crippen molar-refractivity contribution < 1.29 is 22.7 Å². The maximum atomic E-state index is 12.8.